The second-order valence-corrected chi connectivity index (χ2v) is 6.87. The monoisotopic (exact) mass is 259 g/mol. The molecular weight excluding hydrogens is 234 g/mol. The van der Waals surface area contributed by atoms with Crippen LogP contribution in [0.5, 0.6) is 0 Å². The molecule has 0 radical (unpaired) electrons. The van der Waals surface area contributed by atoms with Crippen molar-refractivity contribution < 1.29 is 4.79 Å². The Morgan fingerprint density at radius 3 is 2.21 bits per heavy atom. The van der Waals surface area contributed by atoms with Crippen molar-refractivity contribution in [3.63, 3.8) is 0 Å². The zero-order valence-corrected chi connectivity index (χ0v) is 12.3. The van der Waals surface area contributed by atoms with Crippen molar-refractivity contribution in [2.24, 2.45) is 17.3 Å². The molecule has 1 fully saturated rings. The predicted octanol–water partition coefficient (Wildman–Crippen LogP) is 4.30. The maximum absolute atomic E-state index is 12.5. The third-order valence-electron chi connectivity index (χ3n) is 4.55. The first-order valence-electron chi connectivity index (χ1n) is 7.28. The van der Waals surface area contributed by atoms with Crippen LogP contribution in [0.2, 0.25) is 0 Å². The first-order valence-corrected chi connectivity index (χ1v) is 7.28. The van der Waals surface area contributed by atoms with Crippen LogP contribution in [0, 0.1) is 17.3 Å². The van der Waals surface area contributed by atoms with Crippen LogP contribution in [0.3, 0.4) is 0 Å². The van der Waals surface area contributed by atoms with Gasteiger partial charge in [-0.05, 0) is 49.1 Å². The molecule has 1 aromatic carbocycles. The van der Waals surface area contributed by atoms with E-state index in [-0.39, 0.29) is 11.7 Å². The lowest BCUT2D eigenvalue weighted by Gasteiger charge is -2.36. The Balaban J connectivity index is 2.03. The van der Waals surface area contributed by atoms with Gasteiger partial charge in [0.15, 0.2) is 5.78 Å². The van der Waals surface area contributed by atoms with Gasteiger partial charge in [0.2, 0.25) is 0 Å². The summed E-state index contributed by atoms with van der Waals surface area (Å²) < 4.78 is 0. The number of hydrogen-bond donors (Lipinski definition) is 1. The van der Waals surface area contributed by atoms with Gasteiger partial charge < -0.3 is 5.73 Å². The fourth-order valence-electron chi connectivity index (χ4n) is 3.16. The van der Waals surface area contributed by atoms with Gasteiger partial charge in [-0.25, -0.2) is 0 Å². The molecule has 2 rings (SSSR count). The van der Waals surface area contributed by atoms with Crippen molar-refractivity contribution in [3.8, 4) is 0 Å². The van der Waals surface area contributed by atoms with Crippen molar-refractivity contribution in [2.75, 3.05) is 5.73 Å². The minimum atomic E-state index is 0.170. The highest BCUT2D eigenvalue weighted by atomic mass is 16.1. The van der Waals surface area contributed by atoms with Gasteiger partial charge in [0.1, 0.15) is 0 Å². The summed E-state index contributed by atoms with van der Waals surface area (Å²) in [4.78, 5) is 12.5. The zero-order valence-electron chi connectivity index (χ0n) is 12.3. The van der Waals surface area contributed by atoms with Crippen molar-refractivity contribution in [1.82, 2.24) is 0 Å². The Bertz CT molecular complexity index is 451. The quantitative estimate of drug-likeness (QED) is 0.635. The molecule has 2 N–H and O–H groups in total. The molecule has 0 spiro atoms. The Morgan fingerprint density at radius 2 is 1.68 bits per heavy atom. The normalized spacial score (nSPS) is 24.2. The SMILES string of the molecule is CC(C)(C)C1CCC(C(=O)c2ccccc2N)CC1. The number of nitrogen functional groups attached to an aromatic ring is 1. The summed E-state index contributed by atoms with van der Waals surface area (Å²) in [5.41, 5.74) is 7.59. The molecule has 0 aromatic heterocycles. The van der Waals surface area contributed by atoms with Gasteiger partial charge >= 0.3 is 0 Å². The van der Waals surface area contributed by atoms with Crippen LogP contribution >= 0.6 is 0 Å². The van der Waals surface area contributed by atoms with Crippen LogP contribution in [-0.4, -0.2) is 5.78 Å². The largest absolute Gasteiger partial charge is 0.398 e. The Kier molecular flexibility index (Phi) is 3.98. The van der Waals surface area contributed by atoms with E-state index in [0.29, 0.717) is 16.7 Å². The summed E-state index contributed by atoms with van der Waals surface area (Å²) in [5, 5.41) is 0. The van der Waals surface area contributed by atoms with Crippen molar-refractivity contribution in [1.29, 1.82) is 0 Å². The van der Waals surface area contributed by atoms with Crippen LogP contribution < -0.4 is 5.73 Å². The first kappa shape index (κ1) is 14.1. The number of carbonyl (C=O) groups is 1. The molecule has 0 heterocycles. The van der Waals surface area contributed by atoms with Crippen LogP contribution in [-0.2, 0) is 0 Å². The smallest absolute Gasteiger partial charge is 0.168 e. The lowest BCUT2D eigenvalue weighted by Crippen LogP contribution is -2.29. The summed E-state index contributed by atoms with van der Waals surface area (Å²) in [6.07, 6.45) is 4.34. The molecule has 0 saturated heterocycles. The molecule has 19 heavy (non-hydrogen) atoms. The maximum atomic E-state index is 12.5. The number of hydrogen-bond acceptors (Lipinski definition) is 2. The second kappa shape index (κ2) is 5.36. The number of benzene rings is 1. The van der Waals surface area contributed by atoms with E-state index >= 15 is 0 Å². The molecular formula is C17H25NO. The van der Waals surface area contributed by atoms with E-state index in [9.17, 15) is 4.79 Å². The zero-order chi connectivity index (χ0) is 14.0. The average Bonchev–Trinajstić information content (AvgIpc) is 2.38. The summed E-state index contributed by atoms with van der Waals surface area (Å²) >= 11 is 0. The van der Waals surface area contributed by atoms with Gasteiger partial charge in [-0.3, -0.25) is 4.79 Å². The van der Waals surface area contributed by atoms with E-state index < -0.39 is 0 Å². The number of para-hydroxylation sites is 1. The van der Waals surface area contributed by atoms with E-state index in [1.54, 1.807) is 0 Å². The number of Topliss-reactive ketones (excluding diaryl/α,β-unsaturated/α-hetero) is 1. The average molecular weight is 259 g/mol. The van der Waals surface area contributed by atoms with Gasteiger partial charge in [-0.2, -0.15) is 0 Å². The van der Waals surface area contributed by atoms with Crippen molar-refractivity contribution >= 4 is 11.5 Å². The minimum absolute atomic E-state index is 0.170. The first-order chi connectivity index (χ1) is 8.89. The number of carbonyl (C=O) groups excluding carboxylic acids is 1. The number of rotatable bonds is 2. The fraction of sp³-hybridized carbons (Fsp3) is 0.588. The molecule has 104 valence electrons. The molecule has 2 heteroatoms. The summed E-state index contributed by atoms with van der Waals surface area (Å²) in [6, 6.07) is 7.44. The number of nitrogens with two attached hydrogens (primary N) is 1. The predicted molar refractivity (Wildman–Crippen MR) is 80.1 cm³/mol. The van der Waals surface area contributed by atoms with Gasteiger partial charge in [-0.15, -0.1) is 0 Å². The highest BCUT2D eigenvalue weighted by molar-refractivity contribution is 6.02. The van der Waals surface area contributed by atoms with Gasteiger partial charge in [0.05, 0.1) is 0 Å². The highest BCUT2D eigenvalue weighted by Gasteiger charge is 2.32. The molecule has 0 amide bonds. The number of ketones is 1. The Hall–Kier alpha value is -1.31. The summed E-state index contributed by atoms with van der Waals surface area (Å²) in [7, 11) is 0. The van der Waals surface area contributed by atoms with E-state index in [1.165, 1.54) is 0 Å². The van der Waals surface area contributed by atoms with Gasteiger partial charge in [0, 0.05) is 17.2 Å². The van der Waals surface area contributed by atoms with Gasteiger partial charge in [-0.1, -0.05) is 32.9 Å². The minimum Gasteiger partial charge on any atom is -0.398 e. The third-order valence-corrected chi connectivity index (χ3v) is 4.55. The van der Waals surface area contributed by atoms with E-state index in [4.69, 9.17) is 5.73 Å². The standard InChI is InChI=1S/C17H25NO/c1-17(2,3)13-10-8-12(9-11-13)16(19)14-6-4-5-7-15(14)18/h4-7,12-13H,8-11,18H2,1-3H3. The fourth-order valence-corrected chi connectivity index (χ4v) is 3.16. The highest BCUT2D eigenvalue weighted by Crippen LogP contribution is 2.40. The van der Waals surface area contributed by atoms with Gasteiger partial charge in [0.25, 0.3) is 0 Å². The van der Waals surface area contributed by atoms with Crippen LogP contribution in [0.4, 0.5) is 5.69 Å². The Morgan fingerprint density at radius 1 is 1.11 bits per heavy atom. The molecule has 2 nitrogen and oxygen atoms in total. The lowest BCUT2D eigenvalue weighted by atomic mass is 9.68. The lowest BCUT2D eigenvalue weighted by molar-refractivity contribution is 0.0820. The second-order valence-electron chi connectivity index (χ2n) is 6.87. The van der Waals surface area contributed by atoms with Crippen LogP contribution in [0.15, 0.2) is 24.3 Å². The molecule has 0 aliphatic heterocycles. The molecule has 0 bridgehead atoms. The van der Waals surface area contributed by atoms with Crippen LogP contribution in [0.1, 0.15) is 56.8 Å². The molecule has 0 unspecified atom stereocenters. The van der Waals surface area contributed by atoms with Crippen molar-refractivity contribution in [3.05, 3.63) is 29.8 Å². The third kappa shape index (κ3) is 3.17. The topological polar surface area (TPSA) is 43.1 Å². The van der Waals surface area contributed by atoms with Crippen molar-refractivity contribution in [2.45, 2.75) is 46.5 Å². The number of anilines is 1. The molecule has 1 aliphatic carbocycles. The summed E-state index contributed by atoms with van der Waals surface area (Å²) in [6.45, 7) is 6.90. The van der Waals surface area contributed by atoms with E-state index in [2.05, 4.69) is 20.8 Å². The summed E-state index contributed by atoms with van der Waals surface area (Å²) in [5.74, 6) is 1.15. The molecule has 0 atom stereocenters. The molecule has 1 aliphatic rings. The van der Waals surface area contributed by atoms with E-state index in [0.717, 1.165) is 31.6 Å². The Labute approximate surface area is 116 Å². The maximum Gasteiger partial charge on any atom is 0.168 e. The molecule has 1 aromatic rings. The van der Waals surface area contributed by atoms with E-state index in [1.807, 2.05) is 24.3 Å². The molecule has 1 saturated carbocycles. The van der Waals surface area contributed by atoms with Crippen LogP contribution in [0.25, 0.3) is 0 Å².